The number of methoxy groups -OCH3 is 2. The van der Waals surface area contributed by atoms with Crippen LogP contribution in [0.3, 0.4) is 0 Å². The standard InChI is InChI=1S/C13H15NO4.C10H13NO2/c1-10(13(15)16)14-18-9-5-7-11-6-3-4-8-12(11)17-2;1-12-10-7-3-2-5-9(10)6-4-8-13-11/h3-8H,9H2,1-2H3,(H,15,16);2-7H,8,11H2,1H3/b7-5+,14-10-;6-4+. The van der Waals surface area contributed by atoms with E-state index in [4.69, 9.17) is 25.3 Å². The summed E-state index contributed by atoms with van der Waals surface area (Å²) in [7, 11) is 3.25. The van der Waals surface area contributed by atoms with E-state index in [9.17, 15) is 4.79 Å². The van der Waals surface area contributed by atoms with Gasteiger partial charge in [-0.1, -0.05) is 59.8 Å². The maximum Gasteiger partial charge on any atom is 0.353 e. The molecule has 0 atom stereocenters. The summed E-state index contributed by atoms with van der Waals surface area (Å²) >= 11 is 0. The van der Waals surface area contributed by atoms with Gasteiger partial charge in [0.25, 0.3) is 0 Å². The molecule has 0 unspecified atom stereocenters. The molecule has 166 valence electrons. The summed E-state index contributed by atoms with van der Waals surface area (Å²) in [4.78, 5) is 19.7. The molecule has 0 fully saturated rings. The summed E-state index contributed by atoms with van der Waals surface area (Å²) in [5.74, 6) is 5.39. The molecule has 0 bridgehead atoms. The SMILES string of the molecule is COc1ccccc1/C=C/CO/N=C(/C)C(=O)O.COc1ccccc1/C=C/CON. The van der Waals surface area contributed by atoms with Crippen molar-refractivity contribution in [3.63, 3.8) is 0 Å². The van der Waals surface area contributed by atoms with E-state index < -0.39 is 5.97 Å². The molecule has 3 N–H and O–H groups in total. The highest BCUT2D eigenvalue weighted by Crippen LogP contribution is 2.19. The predicted octanol–water partition coefficient (Wildman–Crippen LogP) is 3.78. The van der Waals surface area contributed by atoms with E-state index in [1.807, 2.05) is 66.8 Å². The van der Waals surface area contributed by atoms with Crippen LogP contribution in [-0.4, -0.2) is 44.2 Å². The highest BCUT2D eigenvalue weighted by Gasteiger charge is 2.01. The van der Waals surface area contributed by atoms with Gasteiger partial charge >= 0.3 is 5.97 Å². The Morgan fingerprint density at radius 1 is 0.935 bits per heavy atom. The van der Waals surface area contributed by atoms with Crippen LogP contribution >= 0.6 is 0 Å². The average molecular weight is 428 g/mol. The minimum Gasteiger partial charge on any atom is -0.496 e. The Labute approximate surface area is 182 Å². The van der Waals surface area contributed by atoms with E-state index in [0.717, 1.165) is 22.6 Å². The van der Waals surface area contributed by atoms with Gasteiger partial charge in [0.2, 0.25) is 0 Å². The van der Waals surface area contributed by atoms with Crippen molar-refractivity contribution in [3.05, 3.63) is 71.8 Å². The molecule has 0 aliphatic heterocycles. The van der Waals surface area contributed by atoms with Crippen LogP contribution in [0.1, 0.15) is 18.1 Å². The number of nitrogens with two attached hydrogens (primary N) is 1. The number of rotatable bonds is 10. The van der Waals surface area contributed by atoms with Crippen molar-refractivity contribution in [3.8, 4) is 11.5 Å². The van der Waals surface area contributed by atoms with Crippen LogP contribution in [-0.2, 0) is 14.5 Å². The minimum absolute atomic E-state index is 0.0827. The predicted molar refractivity (Wildman–Crippen MR) is 121 cm³/mol. The molecule has 0 aliphatic rings. The quantitative estimate of drug-likeness (QED) is 0.336. The van der Waals surface area contributed by atoms with Crippen molar-refractivity contribution in [2.75, 3.05) is 27.4 Å². The number of hydrogen-bond donors (Lipinski definition) is 2. The number of nitrogens with zero attached hydrogens (tertiary/aromatic N) is 1. The fraction of sp³-hybridized carbons (Fsp3) is 0.217. The van der Waals surface area contributed by atoms with Gasteiger partial charge in [0.05, 0.1) is 20.8 Å². The summed E-state index contributed by atoms with van der Waals surface area (Å²) in [5.41, 5.74) is 1.85. The first-order valence-electron chi connectivity index (χ1n) is 9.34. The Morgan fingerprint density at radius 2 is 1.42 bits per heavy atom. The lowest BCUT2D eigenvalue weighted by Crippen LogP contribution is -2.08. The van der Waals surface area contributed by atoms with Crippen molar-refractivity contribution >= 4 is 23.8 Å². The monoisotopic (exact) mass is 428 g/mol. The number of carboxylic acid groups (broad SMARTS) is 1. The van der Waals surface area contributed by atoms with Gasteiger partial charge < -0.3 is 24.3 Å². The van der Waals surface area contributed by atoms with Crippen LogP contribution in [0.4, 0.5) is 0 Å². The van der Waals surface area contributed by atoms with Crippen LogP contribution in [0.15, 0.2) is 65.8 Å². The summed E-state index contributed by atoms with van der Waals surface area (Å²) in [6.07, 6.45) is 7.30. The lowest BCUT2D eigenvalue weighted by molar-refractivity contribution is -0.129. The molecule has 0 heterocycles. The molecule has 0 spiro atoms. The molecule has 0 aromatic heterocycles. The van der Waals surface area contributed by atoms with Gasteiger partial charge in [-0.15, -0.1) is 0 Å². The molecule has 8 heteroatoms. The fourth-order valence-electron chi connectivity index (χ4n) is 2.23. The van der Waals surface area contributed by atoms with E-state index >= 15 is 0 Å². The van der Waals surface area contributed by atoms with Crippen molar-refractivity contribution in [2.45, 2.75) is 6.92 Å². The van der Waals surface area contributed by atoms with Crippen molar-refractivity contribution in [1.82, 2.24) is 0 Å². The van der Waals surface area contributed by atoms with Crippen LogP contribution in [0.5, 0.6) is 11.5 Å². The fourth-order valence-corrected chi connectivity index (χ4v) is 2.23. The van der Waals surface area contributed by atoms with E-state index in [0.29, 0.717) is 6.61 Å². The second-order valence-corrected chi connectivity index (χ2v) is 5.90. The normalized spacial score (nSPS) is 11.2. The van der Waals surface area contributed by atoms with E-state index in [1.165, 1.54) is 6.92 Å². The second-order valence-electron chi connectivity index (χ2n) is 5.90. The van der Waals surface area contributed by atoms with Gasteiger partial charge in [0.15, 0.2) is 5.71 Å². The molecule has 8 nitrogen and oxygen atoms in total. The van der Waals surface area contributed by atoms with Crippen molar-refractivity contribution in [1.29, 1.82) is 0 Å². The third kappa shape index (κ3) is 10.1. The average Bonchev–Trinajstić information content (AvgIpc) is 2.79. The zero-order valence-electron chi connectivity index (χ0n) is 17.9. The highest BCUT2D eigenvalue weighted by atomic mass is 16.6. The summed E-state index contributed by atoms with van der Waals surface area (Å²) in [6, 6.07) is 15.3. The topological polar surface area (TPSA) is 113 Å². The largest absolute Gasteiger partial charge is 0.496 e. The summed E-state index contributed by atoms with van der Waals surface area (Å²) in [6.45, 7) is 1.97. The number of carboxylic acids is 1. The van der Waals surface area contributed by atoms with Crippen LogP contribution in [0.2, 0.25) is 0 Å². The van der Waals surface area contributed by atoms with Crippen LogP contribution < -0.4 is 15.4 Å². The maximum absolute atomic E-state index is 10.4. The van der Waals surface area contributed by atoms with Gasteiger partial charge in [-0.05, 0) is 25.1 Å². The maximum atomic E-state index is 10.4. The molecule has 0 saturated heterocycles. The number of hydrogen-bond acceptors (Lipinski definition) is 7. The molecule has 31 heavy (non-hydrogen) atoms. The lowest BCUT2D eigenvalue weighted by atomic mass is 10.2. The van der Waals surface area contributed by atoms with Gasteiger partial charge in [-0.2, -0.15) is 0 Å². The Morgan fingerprint density at radius 3 is 1.87 bits per heavy atom. The number of benzene rings is 2. The van der Waals surface area contributed by atoms with Gasteiger partial charge in [-0.25, -0.2) is 10.7 Å². The molecular weight excluding hydrogens is 400 g/mol. The Balaban J connectivity index is 0.000000327. The van der Waals surface area contributed by atoms with E-state index in [2.05, 4.69) is 9.99 Å². The molecule has 2 aromatic carbocycles. The Hall–Kier alpha value is -3.62. The number of carbonyl (C=O) groups is 1. The van der Waals surface area contributed by atoms with Crippen LogP contribution in [0, 0.1) is 0 Å². The van der Waals surface area contributed by atoms with Gasteiger partial charge in [0.1, 0.15) is 18.1 Å². The number of ether oxygens (including phenoxy) is 2. The summed E-state index contributed by atoms with van der Waals surface area (Å²) < 4.78 is 10.3. The molecule has 2 aromatic rings. The number of para-hydroxylation sites is 2. The molecule has 0 saturated carbocycles. The van der Waals surface area contributed by atoms with Crippen molar-refractivity contribution < 1.29 is 29.0 Å². The zero-order chi connectivity index (χ0) is 22.9. The molecule has 0 amide bonds. The molecule has 0 aliphatic carbocycles. The first-order chi connectivity index (χ1) is 15.0. The molecule has 2 rings (SSSR count). The number of aliphatic carboxylic acids is 1. The highest BCUT2D eigenvalue weighted by molar-refractivity contribution is 6.34. The third-order valence-electron chi connectivity index (χ3n) is 3.75. The number of oxime groups is 1. The second kappa shape index (κ2) is 15.3. The zero-order valence-corrected chi connectivity index (χ0v) is 17.9. The third-order valence-corrected chi connectivity index (χ3v) is 3.75. The first-order valence-corrected chi connectivity index (χ1v) is 9.34. The van der Waals surface area contributed by atoms with Crippen molar-refractivity contribution in [2.24, 2.45) is 11.1 Å². The van der Waals surface area contributed by atoms with E-state index in [-0.39, 0.29) is 12.3 Å². The van der Waals surface area contributed by atoms with E-state index in [1.54, 1.807) is 20.3 Å². The Kier molecular flexibility index (Phi) is 12.5. The summed E-state index contributed by atoms with van der Waals surface area (Å²) in [5, 5.41) is 12.0. The van der Waals surface area contributed by atoms with Gasteiger partial charge in [0, 0.05) is 11.1 Å². The molecular formula is C23H28N2O6. The molecule has 0 radical (unpaired) electrons. The minimum atomic E-state index is -1.09. The lowest BCUT2D eigenvalue weighted by Gasteiger charge is -2.03. The Bertz CT molecular complexity index is 893. The smallest absolute Gasteiger partial charge is 0.353 e. The van der Waals surface area contributed by atoms with Gasteiger partial charge in [-0.3, -0.25) is 0 Å². The van der Waals surface area contributed by atoms with Crippen LogP contribution in [0.25, 0.3) is 12.2 Å². The first kappa shape index (κ1) is 25.4.